The Morgan fingerprint density at radius 1 is 1.31 bits per heavy atom. The van der Waals surface area contributed by atoms with Crippen LogP contribution in [-0.4, -0.2) is 25.5 Å². The highest BCUT2D eigenvalue weighted by atomic mass is 35.5. The zero-order valence-corrected chi connectivity index (χ0v) is 10.5. The average molecular weight is 260 g/mol. The standard InChI is InChI=1S/C11H14ClNO2S/c1-2-16(14,15)11-9(10(11)13)7-3-5-8(12)6-4-7/h3-6,9-11H,2,13H2,1H3/t9-,10+,11+/m0/s1. The molecule has 1 aliphatic rings. The Hall–Kier alpha value is -0.580. The van der Waals surface area contributed by atoms with E-state index in [1.54, 1.807) is 19.1 Å². The van der Waals surface area contributed by atoms with E-state index in [0.717, 1.165) is 5.56 Å². The summed E-state index contributed by atoms with van der Waals surface area (Å²) < 4.78 is 23.4. The van der Waals surface area contributed by atoms with Crippen molar-refractivity contribution in [2.24, 2.45) is 5.73 Å². The fourth-order valence-corrected chi connectivity index (χ4v) is 3.91. The van der Waals surface area contributed by atoms with Crippen LogP contribution in [0.1, 0.15) is 18.4 Å². The lowest BCUT2D eigenvalue weighted by Gasteiger charge is -2.00. The Morgan fingerprint density at radius 2 is 1.88 bits per heavy atom. The van der Waals surface area contributed by atoms with E-state index in [1.807, 2.05) is 12.1 Å². The van der Waals surface area contributed by atoms with E-state index in [-0.39, 0.29) is 17.7 Å². The number of halogens is 1. The van der Waals surface area contributed by atoms with Crippen LogP contribution in [0.2, 0.25) is 5.02 Å². The molecule has 0 spiro atoms. The molecule has 1 saturated carbocycles. The second-order valence-electron chi connectivity index (χ2n) is 4.07. The molecule has 88 valence electrons. The summed E-state index contributed by atoms with van der Waals surface area (Å²) in [6, 6.07) is 6.94. The van der Waals surface area contributed by atoms with E-state index in [0.29, 0.717) is 5.02 Å². The molecule has 0 radical (unpaired) electrons. The molecule has 2 rings (SSSR count). The summed E-state index contributed by atoms with van der Waals surface area (Å²) >= 11 is 5.78. The maximum absolute atomic E-state index is 11.7. The van der Waals surface area contributed by atoms with Gasteiger partial charge in [0, 0.05) is 22.7 Å². The van der Waals surface area contributed by atoms with Crippen molar-refractivity contribution in [3.05, 3.63) is 34.9 Å². The van der Waals surface area contributed by atoms with Crippen molar-refractivity contribution in [1.29, 1.82) is 0 Å². The molecule has 0 heterocycles. The molecule has 0 amide bonds. The van der Waals surface area contributed by atoms with Crippen molar-refractivity contribution >= 4 is 21.4 Å². The topological polar surface area (TPSA) is 60.2 Å². The summed E-state index contributed by atoms with van der Waals surface area (Å²) in [5, 5.41) is 0.228. The molecule has 2 N–H and O–H groups in total. The average Bonchev–Trinajstić information content (AvgIpc) is 2.92. The van der Waals surface area contributed by atoms with Crippen molar-refractivity contribution in [2.75, 3.05) is 5.75 Å². The van der Waals surface area contributed by atoms with E-state index in [1.165, 1.54) is 0 Å². The zero-order chi connectivity index (χ0) is 11.9. The lowest BCUT2D eigenvalue weighted by molar-refractivity contribution is 0.594. The summed E-state index contributed by atoms with van der Waals surface area (Å²) in [5.74, 6) is 0.0809. The van der Waals surface area contributed by atoms with Crippen molar-refractivity contribution in [3.63, 3.8) is 0 Å². The predicted molar refractivity (Wildman–Crippen MR) is 65.4 cm³/mol. The fourth-order valence-electron chi connectivity index (χ4n) is 2.06. The Labute approximate surface area is 101 Å². The molecule has 1 aromatic carbocycles. The first-order valence-electron chi connectivity index (χ1n) is 5.20. The van der Waals surface area contributed by atoms with Gasteiger partial charge in [0.15, 0.2) is 9.84 Å². The fraction of sp³-hybridized carbons (Fsp3) is 0.455. The van der Waals surface area contributed by atoms with Crippen LogP contribution in [0.15, 0.2) is 24.3 Å². The number of nitrogens with two attached hydrogens (primary N) is 1. The minimum atomic E-state index is -3.04. The molecule has 16 heavy (non-hydrogen) atoms. The molecule has 1 fully saturated rings. The Morgan fingerprint density at radius 3 is 2.38 bits per heavy atom. The van der Waals surface area contributed by atoms with Gasteiger partial charge in [0.1, 0.15) is 0 Å². The highest BCUT2D eigenvalue weighted by Gasteiger charge is 2.55. The first-order valence-corrected chi connectivity index (χ1v) is 7.29. The van der Waals surface area contributed by atoms with Crippen LogP contribution in [0.4, 0.5) is 0 Å². The molecule has 0 aromatic heterocycles. The summed E-state index contributed by atoms with van der Waals surface area (Å²) in [6.45, 7) is 1.65. The van der Waals surface area contributed by atoms with Crippen LogP contribution in [0, 0.1) is 0 Å². The normalized spacial score (nSPS) is 29.1. The SMILES string of the molecule is CCS(=O)(=O)[C@H]1[C@H](N)[C@@H]1c1ccc(Cl)cc1. The van der Waals surface area contributed by atoms with E-state index >= 15 is 0 Å². The van der Waals surface area contributed by atoms with Gasteiger partial charge < -0.3 is 5.73 Å². The van der Waals surface area contributed by atoms with Crippen LogP contribution in [0.5, 0.6) is 0 Å². The van der Waals surface area contributed by atoms with Gasteiger partial charge in [-0.2, -0.15) is 0 Å². The third kappa shape index (κ3) is 1.97. The van der Waals surface area contributed by atoms with Gasteiger partial charge in [0.25, 0.3) is 0 Å². The van der Waals surface area contributed by atoms with E-state index < -0.39 is 15.1 Å². The monoisotopic (exact) mass is 259 g/mol. The molecule has 0 saturated heterocycles. The van der Waals surface area contributed by atoms with Crippen molar-refractivity contribution in [1.82, 2.24) is 0 Å². The van der Waals surface area contributed by atoms with Crippen molar-refractivity contribution in [2.45, 2.75) is 24.1 Å². The summed E-state index contributed by atoms with van der Waals surface area (Å²) in [4.78, 5) is 0. The third-order valence-electron chi connectivity index (χ3n) is 3.08. The smallest absolute Gasteiger partial charge is 0.155 e. The lowest BCUT2D eigenvalue weighted by Crippen LogP contribution is -2.17. The second kappa shape index (κ2) is 4.02. The van der Waals surface area contributed by atoms with Crippen molar-refractivity contribution in [3.8, 4) is 0 Å². The Kier molecular flexibility index (Phi) is 2.99. The quantitative estimate of drug-likeness (QED) is 0.896. The van der Waals surface area contributed by atoms with Crippen LogP contribution in [-0.2, 0) is 9.84 Å². The van der Waals surface area contributed by atoms with Gasteiger partial charge >= 0.3 is 0 Å². The number of rotatable bonds is 3. The van der Waals surface area contributed by atoms with Crippen molar-refractivity contribution < 1.29 is 8.42 Å². The molecular formula is C11H14ClNO2S. The molecular weight excluding hydrogens is 246 g/mol. The highest BCUT2D eigenvalue weighted by molar-refractivity contribution is 7.92. The molecule has 1 aliphatic carbocycles. The Bertz CT molecular complexity index is 483. The summed E-state index contributed by atoms with van der Waals surface area (Å²) in [6.07, 6.45) is 0. The summed E-state index contributed by atoms with van der Waals surface area (Å²) in [7, 11) is -3.04. The number of hydrogen-bond donors (Lipinski definition) is 1. The first-order chi connectivity index (χ1) is 7.47. The molecule has 0 bridgehead atoms. The minimum Gasteiger partial charge on any atom is -0.326 e. The van der Waals surface area contributed by atoms with E-state index in [4.69, 9.17) is 17.3 Å². The van der Waals surface area contributed by atoms with Crippen LogP contribution in [0.25, 0.3) is 0 Å². The molecule has 0 unspecified atom stereocenters. The van der Waals surface area contributed by atoms with Crippen LogP contribution in [0.3, 0.4) is 0 Å². The Balaban J connectivity index is 2.24. The van der Waals surface area contributed by atoms with Gasteiger partial charge in [-0.1, -0.05) is 30.7 Å². The molecule has 1 aromatic rings. The first kappa shape index (κ1) is 11.9. The maximum Gasteiger partial charge on any atom is 0.155 e. The molecule has 3 atom stereocenters. The molecule has 0 aliphatic heterocycles. The number of hydrogen-bond acceptors (Lipinski definition) is 3. The van der Waals surface area contributed by atoms with Gasteiger partial charge in [-0.05, 0) is 17.7 Å². The maximum atomic E-state index is 11.7. The molecule has 3 nitrogen and oxygen atoms in total. The predicted octanol–water partition coefficient (Wildman–Crippen LogP) is 1.57. The zero-order valence-electron chi connectivity index (χ0n) is 8.93. The minimum absolute atomic E-state index is 0.0674. The largest absolute Gasteiger partial charge is 0.326 e. The van der Waals surface area contributed by atoms with Crippen LogP contribution >= 0.6 is 11.6 Å². The van der Waals surface area contributed by atoms with Gasteiger partial charge in [0.2, 0.25) is 0 Å². The highest BCUT2D eigenvalue weighted by Crippen LogP contribution is 2.45. The van der Waals surface area contributed by atoms with Gasteiger partial charge in [-0.25, -0.2) is 8.42 Å². The van der Waals surface area contributed by atoms with Gasteiger partial charge in [-0.3, -0.25) is 0 Å². The van der Waals surface area contributed by atoms with Gasteiger partial charge in [0.05, 0.1) is 5.25 Å². The third-order valence-corrected chi connectivity index (χ3v) is 5.57. The molecule has 5 heteroatoms. The summed E-state index contributed by atoms with van der Waals surface area (Å²) in [5.41, 5.74) is 6.79. The lowest BCUT2D eigenvalue weighted by atomic mass is 10.1. The second-order valence-corrected chi connectivity index (χ2v) is 6.95. The van der Waals surface area contributed by atoms with Gasteiger partial charge in [-0.15, -0.1) is 0 Å². The number of benzene rings is 1. The van der Waals surface area contributed by atoms with E-state index in [2.05, 4.69) is 0 Å². The van der Waals surface area contributed by atoms with E-state index in [9.17, 15) is 8.42 Å². The van der Waals surface area contributed by atoms with Crippen LogP contribution < -0.4 is 5.73 Å². The number of sulfone groups is 1.